The minimum Gasteiger partial charge on any atom is -0.382 e. The van der Waals surface area contributed by atoms with E-state index >= 15 is 0 Å². The molecule has 2 unspecified atom stereocenters. The fraction of sp³-hybridized carbons (Fsp3) is 0.344. The van der Waals surface area contributed by atoms with E-state index in [9.17, 15) is 18.7 Å². The molecule has 0 radical (unpaired) electrons. The van der Waals surface area contributed by atoms with Gasteiger partial charge >= 0.3 is 0 Å². The van der Waals surface area contributed by atoms with Crippen molar-refractivity contribution in [2.45, 2.75) is 62.0 Å². The van der Waals surface area contributed by atoms with Crippen molar-refractivity contribution < 1.29 is 18.7 Å². The van der Waals surface area contributed by atoms with Crippen LogP contribution in [0.5, 0.6) is 0 Å². The highest BCUT2D eigenvalue weighted by molar-refractivity contribution is 5.85. The van der Waals surface area contributed by atoms with E-state index in [0.717, 1.165) is 24.2 Å². The molecule has 1 aliphatic carbocycles. The molecule has 1 saturated heterocycles. The van der Waals surface area contributed by atoms with Crippen LogP contribution in [-0.4, -0.2) is 48.8 Å². The third kappa shape index (κ3) is 4.30. The lowest BCUT2D eigenvalue weighted by molar-refractivity contribution is -0.134. The van der Waals surface area contributed by atoms with Crippen LogP contribution in [-0.2, 0) is 10.4 Å². The molecule has 2 aromatic heterocycles. The normalized spacial score (nSPS) is 24.7. The van der Waals surface area contributed by atoms with Gasteiger partial charge in [-0.05, 0) is 36.5 Å². The summed E-state index contributed by atoms with van der Waals surface area (Å²) in [4.78, 5) is 23.9. The standard InChI is InChI=1S/C32H31F2N5O2/c1-31(41,23-5-2-4-20(16-23)25-17-32(25,33)34)22-11-8-19(9-12-22)27-28-29(35)36-14-15-38(28)30(37-27)21-10-13-24-6-3-7-26(40)39(24)18-21/h2-6,8-9,11-12,14-16,21,24-25,41H,7,10,13,17-18H2,1H3,(H2,35,36)/t21-,24-,25?,31?/m1/s1. The molecule has 0 bridgehead atoms. The van der Waals surface area contributed by atoms with Gasteiger partial charge < -0.3 is 15.7 Å². The number of alkyl halides is 2. The Morgan fingerprint density at radius 3 is 2.66 bits per heavy atom. The number of rotatable bonds is 5. The van der Waals surface area contributed by atoms with Crippen molar-refractivity contribution in [3.05, 3.63) is 95.6 Å². The first-order valence-electron chi connectivity index (χ1n) is 14.0. The van der Waals surface area contributed by atoms with Gasteiger partial charge in [0.05, 0.1) is 12.0 Å². The van der Waals surface area contributed by atoms with E-state index in [1.807, 2.05) is 45.8 Å². The van der Waals surface area contributed by atoms with E-state index in [1.165, 1.54) is 0 Å². The van der Waals surface area contributed by atoms with Crippen molar-refractivity contribution in [3.63, 3.8) is 0 Å². The third-order valence-electron chi connectivity index (χ3n) is 8.97. The van der Waals surface area contributed by atoms with Crippen molar-refractivity contribution in [1.29, 1.82) is 0 Å². The lowest BCUT2D eigenvalue weighted by Gasteiger charge is -2.39. The zero-order chi connectivity index (χ0) is 28.5. The lowest BCUT2D eigenvalue weighted by atomic mass is 9.86. The second-order valence-electron chi connectivity index (χ2n) is 11.7. The maximum atomic E-state index is 13.7. The summed E-state index contributed by atoms with van der Waals surface area (Å²) >= 11 is 0. The molecule has 4 heterocycles. The number of benzene rings is 2. The van der Waals surface area contributed by atoms with E-state index in [-0.39, 0.29) is 24.3 Å². The highest BCUT2D eigenvalue weighted by Gasteiger charge is 2.57. The van der Waals surface area contributed by atoms with E-state index < -0.39 is 17.4 Å². The minimum absolute atomic E-state index is 0.0517. The second-order valence-corrected chi connectivity index (χ2v) is 11.7. The fourth-order valence-electron chi connectivity index (χ4n) is 6.46. The number of hydrogen-bond donors (Lipinski definition) is 2. The number of imidazole rings is 1. The minimum atomic E-state index is -2.67. The molecule has 9 heteroatoms. The molecule has 1 saturated carbocycles. The van der Waals surface area contributed by atoms with Crippen molar-refractivity contribution in [2.75, 3.05) is 12.3 Å². The van der Waals surface area contributed by atoms with Gasteiger partial charge in [-0.25, -0.2) is 18.7 Å². The van der Waals surface area contributed by atoms with Gasteiger partial charge in [0.15, 0.2) is 0 Å². The monoisotopic (exact) mass is 555 g/mol. The van der Waals surface area contributed by atoms with Crippen LogP contribution in [0.2, 0.25) is 0 Å². The quantitative estimate of drug-likeness (QED) is 0.322. The first kappa shape index (κ1) is 25.8. The number of nitrogens with two attached hydrogens (primary N) is 1. The molecule has 3 aliphatic rings. The summed E-state index contributed by atoms with van der Waals surface area (Å²) in [5.74, 6) is -2.07. The third-order valence-corrected chi connectivity index (χ3v) is 8.97. The number of aliphatic hydroxyl groups is 1. The van der Waals surface area contributed by atoms with Crippen LogP contribution in [0.4, 0.5) is 14.6 Å². The summed E-state index contributed by atoms with van der Waals surface area (Å²) in [6.45, 7) is 2.27. The molecule has 7 nitrogen and oxygen atoms in total. The zero-order valence-electron chi connectivity index (χ0n) is 22.7. The molecule has 41 heavy (non-hydrogen) atoms. The summed E-state index contributed by atoms with van der Waals surface area (Å²) in [7, 11) is 0. The summed E-state index contributed by atoms with van der Waals surface area (Å²) in [6, 6.07) is 14.4. The number of hydrogen-bond acceptors (Lipinski definition) is 5. The molecule has 3 N–H and O–H groups in total. The maximum absolute atomic E-state index is 13.7. The van der Waals surface area contributed by atoms with Crippen molar-refractivity contribution >= 4 is 17.2 Å². The Morgan fingerprint density at radius 2 is 1.90 bits per heavy atom. The summed E-state index contributed by atoms with van der Waals surface area (Å²) < 4.78 is 29.4. The Balaban J connectivity index is 1.22. The number of halogens is 2. The number of nitrogens with zero attached hydrogens (tertiary/aromatic N) is 4. The van der Waals surface area contributed by atoms with Gasteiger partial charge in [-0.1, -0.05) is 60.7 Å². The van der Waals surface area contributed by atoms with Crippen LogP contribution in [0.3, 0.4) is 0 Å². The second kappa shape index (κ2) is 9.21. The Hall–Kier alpha value is -4.11. The molecule has 4 aromatic rings. The smallest absolute Gasteiger partial charge is 0.255 e. The molecular weight excluding hydrogens is 524 g/mol. The van der Waals surface area contributed by atoms with Gasteiger partial charge in [0.2, 0.25) is 5.91 Å². The topological polar surface area (TPSA) is 96.8 Å². The Bertz CT molecular complexity index is 1690. The number of nitrogen functional groups attached to an aromatic ring is 1. The van der Waals surface area contributed by atoms with Gasteiger partial charge in [-0.2, -0.15) is 0 Å². The average molecular weight is 556 g/mol. The van der Waals surface area contributed by atoms with Gasteiger partial charge in [-0.3, -0.25) is 9.20 Å². The molecule has 2 aromatic carbocycles. The van der Waals surface area contributed by atoms with Gasteiger partial charge in [0.1, 0.15) is 28.5 Å². The number of amides is 1. The summed E-state index contributed by atoms with van der Waals surface area (Å²) in [5.41, 5.74) is 8.91. The van der Waals surface area contributed by atoms with E-state index in [2.05, 4.69) is 11.1 Å². The van der Waals surface area contributed by atoms with Crippen LogP contribution in [0.25, 0.3) is 16.8 Å². The van der Waals surface area contributed by atoms with Crippen molar-refractivity contribution in [2.24, 2.45) is 0 Å². The van der Waals surface area contributed by atoms with Crippen LogP contribution < -0.4 is 5.73 Å². The predicted molar refractivity (Wildman–Crippen MR) is 151 cm³/mol. The number of carbonyl (C=O) groups excluding carboxylic acids is 1. The first-order chi connectivity index (χ1) is 19.6. The fourth-order valence-corrected chi connectivity index (χ4v) is 6.46. The van der Waals surface area contributed by atoms with Crippen LogP contribution in [0.1, 0.15) is 67.0 Å². The van der Waals surface area contributed by atoms with Gasteiger partial charge in [0.25, 0.3) is 5.92 Å². The lowest BCUT2D eigenvalue weighted by Crippen LogP contribution is -2.47. The molecular formula is C32H31F2N5O2. The maximum Gasteiger partial charge on any atom is 0.255 e. The number of aromatic nitrogens is 3. The van der Waals surface area contributed by atoms with Crippen molar-refractivity contribution in [3.8, 4) is 11.3 Å². The first-order valence-corrected chi connectivity index (χ1v) is 14.0. The van der Waals surface area contributed by atoms with Crippen molar-refractivity contribution in [1.82, 2.24) is 19.3 Å². The average Bonchev–Trinajstić information content (AvgIpc) is 3.44. The van der Waals surface area contributed by atoms with E-state index in [4.69, 9.17) is 10.7 Å². The molecule has 0 spiro atoms. The van der Waals surface area contributed by atoms with Crippen LogP contribution in [0, 0.1) is 0 Å². The highest BCUT2D eigenvalue weighted by Crippen LogP contribution is 2.56. The Morgan fingerprint density at radius 1 is 1.12 bits per heavy atom. The summed E-state index contributed by atoms with van der Waals surface area (Å²) in [5, 5.41) is 11.5. The predicted octanol–water partition coefficient (Wildman–Crippen LogP) is 5.39. The molecule has 2 aliphatic heterocycles. The Kier molecular flexibility index (Phi) is 5.80. The molecule has 7 rings (SSSR count). The van der Waals surface area contributed by atoms with Gasteiger partial charge in [0, 0.05) is 43.3 Å². The highest BCUT2D eigenvalue weighted by atomic mass is 19.3. The largest absolute Gasteiger partial charge is 0.382 e. The van der Waals surface area contributed by atoms with Crippen LogP contribution in [0.15, 0.2) is 73.1 Å². The summed E-state index contributed by atoms with van der Waals surface area (Å²) in [6.07, 6.45) is 9.65. The SMILES string of the molecule is CC(O)(c1ccc(-c2nc([C@@H]3CC[C@H]4C=CCC(=O)N4C3)n3ccnc(N)c23)cc1)c1cccc(C2CC2(F)F)c1. The van der Waals surface area contributed by atoms with Crippen LogP contribution >= 0.6 is 0 Å². The van der Waals surface area contributed by atoms with E-state index in [0.29, 0.717) is 46.7 Å². The molecule has 4 atom stereocenters. The molecule has 2 fully saturated rings. The number of anilines is 1. The zero-order valence-corrected chi connectivity index (χ0v) is 22.7. The Labute approximate surface area is 236 Å². The number of fused-ring (bicyclic) bond motifs is 2. The van der Waals surface area contributed by atoms with Gasteiger partial charge in [-0.15, -0.1) is 0 Å². The number of piperidine rings is 1. The molecule has 210 valence electrons. The molecule has 1 amide bonds. The number of carbonyl (C=O) groups is 1. The van der Waals surface area contributed by atoms with E-state index in [1.54, 1.807) is 37.4 Å².